The lowest BCUT2D eigenvalue weighted by atomic mass is 10.1. The smallest absolute Gasteiger partial charge is 0.310 e. The number of carbonyl (C=O) groups is 1. The number of hydrogen-bond donors (Lipinski definition) is 0. The summed E-state index contributed by atoms with van der Waals surface area (Å²) in [5.74, 6) is 0.962. The summed E-state index contributed by atoms with van der Waals surface area (Å²) in [6.07, 6.45) is 3.31. The molecule has 2 heterocycles. The predicted molar refractivity (Wildman–Crippen MR) is 77.5 cm³/mol. The predicted octanol–water partition coefficient (Wildman–Crippen LogP) is 3.02. The van der Waals surface area contributed by atoms with Crippen LogP contribution in [-0.2, 0) is 22.6 Å². The fraction of sp³-hybridized carbons (Fsp3) is 0.250. The van der Waals surface area contributed by atoms with Crippen molar-refractivity contribution in [3.8, 4) is 5.75 Å². The second-order valence-corrected chi connectivity index (χ2v) is 4.82. The standard InChI is InChI=1S/C16H15NO5/c1-10-17-12(8-20-10)9-21-13-3-4-14-11(5-16(18)19-2)7-22-15(14)6-13/h3-4,6-8H,5,9H2,1-2H3. The summed E-state index contributed by atoms with van der Waals surface area (Å²) in [4.78, 5) is 15.5. The monoisotopic (exact) mass is 301 g/mol. The zero-order valence-corrected chi connectivity index (χ0v) is 12.3. The maximum atomic E-state index is 11.3. The molecule has 0 radical (unpaired) electrons. The first-order valence-corrected chi connectivity index (χ1v) is 6.76. The highest BCUT2D eigenvalue weighted by Crippen LogP contribution is 2.26. The number of aryl methyl sites for hydroxylation is 1. The maximum Gasteiger partial charge on any atom is 0.310 e. The van der Waals surface area contributed by atoms with Crippen molar-refractivity contribution in [1.29, 1.82) is 0 Å². The van der Waals surface area contributed by atoms with Crippen LogP contribution in [0.25, 0.3) is 11.0 Å². The average molecular weight is 301 g/mol. The SMILES string of the molecule is COC(=O)Cc1coc2cc(OCc3coc(C)n3)ccc12. The third kappa shape index (κ3) is 2.95. The van der Waals surface area contributed by atoms with Crippen LogP contribution in [0.15, 0.2) is 39.6 Å². The first-order chi connectivity index (χ1) is 10.7. The molecular formula is C16H15NO5. The van der Waals surface area contributed by atoms with Crippen molar-refractivity contribution in [2.24, 2.45) is 0 Å². The van der Waals surface area contributed by atoms with Gasteiger partial charge < -0.3 is 18.3 Å². The normalized spacial score (nSPS) is 10.8. The highest BCUT2D eigenvalue weighted by Gasteiger charge is 2.11. The molecule has 3 aromatic rings. The summed E-state index contributed by atoms with van der Waals surface area (Å²) < 4.78 is 20.9. The van der Waals surface area contributed by atoms with Gasteiger partial charge in [-0.1, -0.05) is 0 Å². The van der Waals surface area contributed by atoms with Gasteiger partial charge in [-0.2, -0.15) is 0 Å². The fourth-order valence-electron chi connectivity index (χ4n) is 2.15. The molecule has 3 rings (SSSR count). The Bertz CT molecular complexity index is 802. The van der Waals surface area contributed by atoms with Crippen molar-refractivity contribution in [2.75, 3.05) is 7.11 Å². The van der Waals surface area contributed by atoms with Gasteiger partial charge >= 0.3 is 5.97 Å². The van der Waals surface area contributed by atoms with E-state index in [2.05, 4.69) is 9.72 Å². The number of furan rings is 1. The van der Waals surface area contributed by atoms with Gasteiger partial charge in [0, 0.05) is 23.9 Å². The van der Waals surface area contributed by atoms with Crippen molar-refractivity contribution >= 4 is 16.9 Å². The number of methoxy groups -OCH3 is 1. The molecule has 0 amide bonds. The molecule has 2 aromatic heterocycles. The molecule has 6 nitrogen and oxygen atoms in total. The van der Waals surface area contributed by atoms with Gasteiger partial charge in [0.25, 0.3) is 0 Å². The van der Waals surface area contributed by atoms with E-state index < -0.39 is 0 Å². The molecule has 114 valence electrons. The lowest BCUT2D eigenvalue weighted by Gasteiger charge is -2.03. The highest BCUT2D eigenvalue weighted by molar-refractivity contribution is 5.86. The quantitative estimate of drug-likeness (QED) is 0.674. The molecule has 0 unspecified atom stereocenters. The third-order valence-electron chi connectivity index (χ3n) is 3.24. The molecular weight excluding hydrogens is 286 g/mol. The van der Waals surface area contributed by atoms with Crippen LogP contribution in [0, 0.1) is 6.92 Å². The summed E-state index contributed by atoms with van der Waals surface area (Å²) >= 11 is 0. The van der Waals surface area contributed by atoms with Crippen LogP contribution in [0.4, 0.5) is 0 Å². The molecule has 1 aromatic carbocycles. The second kappa shape index (κ2) is 5.93. The Labute approximate surface area is 126 Å². The average Bonchev–Trinajstić information content (AvgIpc) is 3.11. The fourth-order valence-corrected chi connectivity index (χ4v) is 2.15. The molecule has 0 N–H and O–H groups in total. The Hall–Kier alpha value is -2.76. The van der Waals surface area contributed by atoms with Crippen molar-refractivity contribution < 1.29 is 23.1 Å². The number of fused-ring (bicyclic) bond motifs is 1. The Balaban J connectivity index is 1.74. The lowest BCUT2D eigenvalue weighted by molar-refractivity contribution is -0.139. The zero-order chi connectivity index (χ0) is 15.5. The molecule has 0 saturated carbocycles. The van der Waals surface area contributed by atoms with Crippen molar-refractivity contribution in [1.82, 2.24) is 4.98 Å². The van der Waals surface area contributed by atoms with Crippen LogP contribution in [0.5, 0.6) is 5.75 Å². The Morgan fingerprint density at radius 1 is 1.27 bits per heavy atom. The molecule has 0 spiro atoms. The van der Waals surface area contributed by atoms with Crippen LogP contribution >= 0.6 is 0 Å². The van der Waals surface area contributed by atoms with E-state index in [1.54, 1.807) is 25.5 Å². The van der Waals surface area contributed by atoms with E-state index in [4.69, 9.17) is 13.6 Å². The number of nitrogens with zero attached hydrogens (tertiary/aromatic N) is 1. The largest absolute Gasteiger partial charge is 0.487 e. The zero-order valence-electron chi connectivity index (χ0n) is 12.3. The van der Waals surface area contributed by atoms with E-state index in [-0.39, 0.29) is 12.4 Å². The van der Waals surface area contributed by atoms with Crippen molar-refractivity contribution in [3.05, 3.63) is 47.9 Å². The molecule has 0 atom stereocenters. The van der Waals surface area contributed by atoms with Gasteiger partial charge in [0.05, 0.1) is 19.8 Å². The van der Waals surface area contributed by atoms with E-state index in [1.807, 2.05) is 12.1 Å². The van der Waals surface area contributed by atoms with Crippen LogP contribution in [0.1, 0.15) is 17.1 Å². The Kier molecular flexibility index (Phi) is 3.82. The lowest BCUT2D eigenvalue weighted by Crippen LogP contribution is -2.03. The maximum absolute atomic E-state index is 11.3. The van der Waals surface area contributed by atoms with Crippen LogP contribution in [0.2, 0.25) is 0 Å². The Morgan fingerprint density at radius 3 is 2.86 bits per heavy atom. The van der Waals surface area contributed by atoms with Gasteiger partial charge in [0.1, 0.15) is 29.9 Å². The number of aromatic nitrogens is 1. The molecule has 22 heavy (non-hydrogen) atoms. The second-order valence-electron chi connectivity index (χ2n) is 4.82. The summed E-state index contributed by atoms with van der Waals surface area (Å²) in [6, 6.07) is 5.47. The molecule has 0 aliphatic carbocycles. The number of esters is 1. The number of rotatable bonds is 5. The van der Waals surface area contributed by atoms with Gasteiger partial charge in [0.2, 0.25) is 0 Å². The third-order valence-corrected chi connectivity index (χ3v) is 3.24. The van der Waals surface area contributed by atoms with E-state index in [0.717, 1.165) is 16.6 Å². The van der Waals surface area contributed by atoms with Crippen LogP contribution in [0.3, 0.4) is 0 Å². The number of benzene rings is 1. The van der Waals surface area contributed by atoms with E-state index in [1.165, 1.54) is 7.11 Å². The summed E-state index contributed by atoms with van der Waals surface area (Å²) in [6.45, 7) is 2.10. The van der Waals surface area contributed by atoms with Crippen LogP contribution < -0.4 is 4.74 Å². The van der Waals surface area contributed by atoms with Crippen molar-refractivity contribution in [2.45, 2.75) is 20.0 Å². The van der Waals surface area contributed by atoms with Crippen molar-refractivity contribution in [3.63, 3.8) is 0 Å². The molecule has 0 aliphatic rings. The topological polar surface area (TPSA) is 74.7 Å². The van der Waals surface area contributed by atoms with Gasteiger partial charge in [-0.3, -0.25) is 4.79 Å². The molecule has 6 heteroatoms. The number of ether oxygens (including phenoxy) is 2. The number of carbonyl (C=O) groups excluding carboxylic acids is 1. The first-order valence-electron chi connectivity index (χ1n) is 6.76. The molecule has 0 aliphatic heterocycles. The van der Waals surface area contributed by atoms with E-state index >= 15 is 0 Å². The van der Waals surface area contributed by atoms with Gasteiger partial charge in [-0.05, 0) is 12.1 Å². The molecule has 0 saturated heterocycles. The van der Waals surface area contributed by atoms with Gasteiger partial charge in [-0.15, -0.1) is 0 Å². The summed E-state index contributed by atoms with van der Waals surface area (Å²) in [5, 5.41) is 0.870. The summed E-state index contributed by atoms with van der Waals surface area (Å²) in [7, 11) is 1.36. The number of oxazole rings is 1. The van der Waals surface area contributed by atoms with Gasteiger partial charge in [0.15, 0.2) is 5.89 Å². The first kappa shape index (κ1) is 14.2. The minimum Gasteiger partial charge on any atom is -0.487 e. The van der Waals surface area contributed by atoms with Gasteiger partial charge in [-0.25, -0.2) is 4.98 Å². The minimum atomic E-state index is -0.301. The molecule has 0 fully saturated rings. The minimum absolute atomic E-state index is 0.182. The summed E-state index contributed by atoms with van der Waals surface area (Å²) in [5.41, 5.74) is 2.18. The molecule has 0 bridgehead atoms. The number of hydrogen-bond acceptors (Lipinski definition) is 6. The Morgan fingerprint density at radius 2 is 2.14 bits per heavy atom. The van der Waals surface area contributed by atoms with E-state index in [9.17, 15) is 4.79 Å². The highest BCUT2D eigenvalue weighted by atomic mass is 16.5. The van der Waals surface area contributed by atoms with Crippen LogP contribution in [-0.4, -0.2) is 18.1 Å². The van der Waals surface area contributed by atoms with E-state index in [0.29, 0.717) is 23.8 Å².